The van der Waals surface area contributed by atoms with Crippen molar-refractivity contribution < 1.29 is 17.9 Å². The molecule has 112 valence electrons. The topological polar surface area (TPSA) is 82.2 Å². The highest BCUT2D eigenvalue weighted by Gasteiger charge is 2.28. The normalized spacial score (nSPS) is 17.5. The van der Waals surface area contributed by atoms with E-state index in [1.165, 1.54) is 27.7 Å². The fraction of sp³-hybridized carbons (Fsp3) is 0.900. The molecule has 0 bridgehead atoms. The second-order valence-electron chi connectivity index (χ2n) is 4.37. The molecule has 1 aliphatic heterocycles. The lowest BCUT2D eigenvalue weighted by molar-refractivity contribution is 0.131. The maximum absolute atomic E-state index is 12.2. The molecular formula is C10H22N4O4S. The van der Waals surface area contributed by atoms with E-state index in [2.05, 4.69) is 10.1 Å². The molecule has 1 amide bonds. The Labute approximate surface area is 114 Å². The summed E-state index contributed by atoms with van der Waals surface area (Å²) in [6.07, 6.45) is -0.479. The number of amides is 1. The van der Waals surface area contributed by atoms with Gasteiger partial charge in [0.15, 0.2) is 0 Å². The molecule has 0 unspecified atom stereocenters. The van der Waals surface area contributed by atoms with Gasteiger partial charge in [-0.1, -0.05) is 0 Å². The maximum atomic E-state index is 12.2. The lowest BCUT2D eigenvalue weighted by Crippen LogP contribution is -2.51. The monoisotopic (exact) mass is 294 g/mol. The molecule has 0 radical (unpaired) electrons. The molecule has 19 heavy (non-hydrogen) atoms. The van der Waals surface area contributed by atoms with E-state index < -0.39 is 16.3 Å². The van der Waals surface area contributed by atoms with Crippen molar-refractivity contribution in [3.05, 3.63) is 0 Å². The fourth-order valence-electron chi connectivity index (χ4n) is 1.73. The number of methoxy groups -OCH3 is 1. The summed E-state index contributed by atoms with van der Waals surface area (Å²) in [5.41, 5.74) is 0. The summed E-state index contributed by atoms with van der Waals surface area (Å²) in [6.45, 7) is 2.79. The minimum Gasteiger partial charge on any atom is -0.453 e. The Balaban J connectivity index is 2.51. The molecule has 1 fully saturated rings. The molecule has 0 aromatic rings. The van der Waals surface area contributed by atoms with Crippen LogP contribution in [-0.4, -0.2) is 88.5 Å². The molecule has 1 saturated heterocycles. The Kier molecular flexibility index (Phi) is 5.98. The molecule has 8 nitrogen and oxygen atoms in total. The Morgan fingerprint density at radius 1 is 1.26 bits per heavy atom. The van der Waals surface area contributed by atoms with Gasteiger partial charge in [0.05, 0.1) is 7.11 Å². The van der Waals surface area contributed by atoms with Gasteiger partial charge in [0.2, 0.25) is 0 Å². The van der Waals surface area contributed by atoms with Crippen LogP contribution in [0.25, 0.3) is 0 Å². The number of likely N-dealkylation sites (N-methyl/N-ethyl adjacent to an activating group) is 2. The molecule has 0 saturated carbocycles. The van der Waals surface area contributed by atoms with Gasteiger partial charge in [0.1, 0.15) is 0 Å². The van der Waals surface area contributed by atoms with Crippen LogP contribution in [0.1, 0.15) is 0 Å². The maximum Gasteiger partial charge on any atom is 0.409 e. The minimum atomic E-state index is -3.44. The van der Waals surface area contributed by atoms with Gasteiger partial charge in [0.25, 0.3) is 10.2 Å². The number of nitrogens with zero attached hydrogens (tertiary/aromatic N) is 3. The predicted molar refractivity (Wildman–Crippen MR) is 71.0 cm³/mol. The van der Waals surface area contributed by atoms with Crippen molar-refractivity contribution >= 4 is 16.3 Å². The summed E-state index contributed by atoms with van der Waals surface area (Å²) in [5.74, 6) is 0. The molecule has 1 N–H and O–H groups in total. The summed E-state index contributed by atoms with van der Waals surface area (Å²) in [5, 5.41) is 3.10. The molecule has 9 heteroatoms. The van der Waals surface area contributed by atoms with E-state index in [9.17, 15) is 13.2 Å². The molecule has 0 aromatic carbocycles. The van der Waals surface area contributed by atoms with Gasteiger partial charge in [-0.05, 0) is 0 Å². The quantitative estimate of drug-likeness (QED) is 0.686. The average molecular weight is 294 g/mol. The number of rotatable bonds is 5. The smallest absolute Gasteiger partial charge is 0.409 e. The van der Waals surface area contributed by atoms with Crippen LogP contribution in [0.2, 0.25) is 0 Å². The van der Waals surface area contributed by atoms with Gasteiger partial charge in [-0.15, -0.1) is 0 Å². The van der Waals surface area contributed by atoms with Gasteiger partial charge in [0, 0.05) is 53.4 Å². The summed E-state index contributed by atoms with van der Waals surface area (Å²) in [7, 11) is 0.932. The SMILES string of the molecule is COC(=O)N(C)CCN(C)S(=O)(=O)N1CCNCC1. The lowest BCUT2D eigenvalue weighted by atomic mass is 10.4. The third kappa shape index (κ3) is 4.30. The number of carbonyl (C=O) groups is 1. The summed E-state index contributed by atoms with van der Waals surface area (Å²) < 4.78 is 31.7. The number of ether oxygens (including phenoxy) is 1. The van der Waals surface area contributed by atoms with E-state index in [1.807, 2.05) is 0 Å². The summed E-state index contributed by atoms with van der Waals surface area (Å²) in [6, 6.07) is 0. The first-order valence-corrected chi connectivity index (χ1v) is 7.50. The van der Waals surface area contributed by atoms with Crippen LogP contribution < -0.4 is 5.32 Å². The number of piperazine rings is 1. The number of nitrogens with one attached hydrogen (secondary N) is 1. The minimum absolute atomic E-state index is 0.234. The van der Waals surface area contributed by atoms with E-state index in [0.29, 0.717) is 26.2 Å². The standard InChI is InChI=1S/C10H22N4O4S/c1-12(10(15)18-3)8-9-13(2)19(16,17)14-6-4-11-5-7-14/h11H,4-9H2,1-3H3. The van der Waals surface area contributed by atoms with Crippen molar-refractivity contribution in [2.24, 2.45) is 0 Å². The van der Waals surface area contributed by atoms with Crippen molar-refractivity contribution in [1.82, 2.24) is 18.8 Å². The summed E-state index contributed by atoms with van der Waals surface area (Å²) >= 11 is 0. The second kappa shape index (κ2) is 7.04. The van der Waals surface area contributed by atoms with Crippen LogP contribution in [-0.2, 0) is 14.9 Å². The Morgan fingerprint density at radius 2 is 1.84 bits per heavy atom. The number of hydrogen-bond acceptors (Lipinski definition) is 5. The number of carbonyl (C=O) groups excluding carboxylic acids is 1. The van der Waals surface area contributed by atoms with Crippen molar-refractivity contribution in [3.63, 3.8) is 0 Å². The van der Waals surface area contributed by atoms with E-state index >= 15 is 0 Å². The first kappa shape index (κ1) is 16.2. The fourth-order valence-corrected chi connectivity index (χ4v) is 3.08. The molecule has 0 aliphatic carbocycles. The van der Waals surface area contributed by atoms with Crippen LogP contribution in [0, 0.1) is 0 Å². The van der Waals surface area contributed by atoms with Gasteiger partial charge in [-0.2, -0.15) is 17.0 Å². The van der Waals surface area contributed by atoms with Gasteiger partial charge in [-0.3, -0.25) is 0 Å². The largest absolute Gasteiger partial charge is 0.453 e. The van der Waals surface area contributed by atoms with Crippen LogP contribution in [0.3, 0.4) is 0 Å². The Bertz CT molecular complexity index is 394. The average Bonchev–Trinajstić information content (AvgIpc) is 2.44. The van der Waals surface area contributed by atoms with Gasteiger partial charge < -0.3 is 15.0 Å². The lowest BCUT2D eigenvalue weighted by Gasteiger charge is -2.31. The molecule has 1 aliphatic rings. The van der Waals surface area contributed by atoms with Crippen LogP contribution in [0.4, 0.5) is 4.79 Å². The van der Waals surface area contributed by atoms with Crippen molar-refractivity contribution in [2.45, 2.75) is 0 Å². The molecule has 0 atom stereocenters. The number of hydrogen-bond donors (Lipinski definition) is 1. The molecule has 0 spiro atoms. The highest BCUT2D eigenvalue weighted by Crippen LogP contribution is 2.07. The van der Waals surface area contributed by atoms with Crippen LogP contribution in [0.15, 0.2) is 0 Å². The Hall–Kier alpha value is -0.900. The zero-order chi connectivity index (χ0) is 14.5. The van der Waals surface area contributed by atoms with Crippen molar-refractivity contribution in [2.75, 3.05) is 60.5 Å². The van der Waals surface area contributed by atoms with Gasteiger partial charge >= 0.3 is 6.09 Å². The molecule has 1 heterocycles. The predicted octanol–water partition coefficient (Wildman–Crippen LogP) is -1.23. The first-order chi connectivity index (χ1) is 8.89. The highest BCUT2D eigenvalue weighted by atomic mass is 32.2. The van der Waals surface area contributed by atoms with E-state index in [-0.39, 0.29) is 13.1 Å². The molecule has 0 aromatic heterocycles. The first-order valence-electron chi connectivity index (χ1n) is 6.11. The molecular weight excluding hydrogens is 272 g/mol. The summed E-state index contributed by atoms with van der Waals surface area (Å²) in [4.78, 5) is 12.5. The Morgan fingerprint density at radius 3 is 2.37 bits per heavy atom. The van der Waals surface area contributed by atoms with Crippen molar-refractivity contribution in [1.29, 1.82) is 0 Å². The zero-order valence-electron chi connectivity index (χ0n) is 11.6. The van der Waals surface area contributed by atoms with Crippen LogP contribution >= 0.6 is 0 Å². The molecule has 1 rings (SSSR count). The van der Waals surface area contributed by atoms with E-state index in [1.54, 1.807) is 7.05 Å². The third-order valence-electron chi connectivity index (χ3n) is 3.03. The third-order valence-corrected chi connectivity index (χ3v) is 5.02. The van der Waals surface area contributed by atoms with Crippen molar-refractivity contribution in [3.8, 4) is 0 Å². The van der Waals surface area contributed by atoms with Crippen LogP contribution in [0.5, 0.6) is 0 Å². The van der Waals surface area contributed by atoms with E-state index in [0.717, 1.165) is 0 Å². The highest BCUT2D eigenvalue weighted by molar-refractivity contribution is 7.86. The zero-order valence-corrected chi connectivity index (χ0v) is 12.4. The van der Waals surface area contributed by atoms with E-state index in [4.69, 9.17) is 0 Å². The van der Waals surface area contributed by atoms with Gasteiger partial charge in [-0.25, -0.2) is 4.79 Å². The second-order valence-corrected chi connectivity index (χ2v) is 6.41.